The SMILES string of the molecule is CC(C)c1cc(C(=O)N2CC(S(=O)(=O)Nc3ccccc3)C2)on1. The van der Waals surface area contributed by atoms with Crippen molar-refractivity contribution in [3.05, 3.63) is 47.9 Å². The molecule has 3 rings (SSSR count). The van der Waals surface area contributed by atoms with Gasteiger partial charge in [-0.2, -0.15) is 0 Å². The minimum absolute atomic E-state index is 0.138. The Balaban J connectivity index is 1.60. The van der Waals surface area contributed by atoms with E-state index in [1.54, 1.807) is 30.3 Å². The fraction of sp³-hybridized carbons (Fsp3) is 0.375. The second-order valence-electron chi connectivity index (χ2n) is 6.12. The quantitative estimate of drug-likeness (QED) is 0.892. The van der Waals surface area contributed by atoms with Crippen molar-refractivity contribution in [1.29, 1.82) is 0 Å². The Morgan fingerprint density at radius 2 is 1.96 bits per heavy atom. The van der Waals surface area contributed by atoms with Crippen LogP contribution in [0.15, 0.2) is 40.9 Å². The second-order valence-corrected chi connectivity index (χ2v) is 8.08. The molecule has 1 saturated heterocycles. The Hall–Kier alpha value is -2.35. The highest BCUT2D eigenvalue weighted by Gasteiger charge is 2.41. The minimum atomic E-state index is -3.52. The first kappa shape index (κ1) is 16.5. The van der Waals surface area contributed by atoms with Gasteiger partial charge in [0.1, 0.15) is 5.25 Å². The lowest BCUT2D eigenvalue weighted by atomic mass is 10.1. The van der Waals surface area contributed by atoms with Crippen LogP contribution in [0.2, 0.25) is 0 Å². The average molecular weight is 349 g/mol. The maximum Gasteiger partial charge on any atom is 0.292 e. The van der Waals surface area contributed by atoms with Crippen molar-refractivity contribution in [2.45, 2.75) is 25.0 Å². The molecule has 24 heavy (non-hydrogen) atoms. The molecule has 1 amide bonds. The first-order chi connectivity index (χ1) is 11.4. The zero-order valence-electron chi connectivity index (χ0n) is 13.5. The molecule has 2 heterocycles. The fourth-order valence-corrected chi connectivity index (χ4v) is 3.76. The maximum absolute atomic E-state index is 12.3. The molecule has 0 atom stereocenters. The Labute approximate surface area is 140 Å². The van der Waals surface area contributed by atoms with Crippen molar-refractivity contribution < 1.29 is 17.7 Å². The first-order valence-corrected chi connectivity index (χ1v) is 9.24. The van der Waals surface area contributed by atoms with E-state index >= 15 is 0 Å². The van der Waals surface area contributed by atoms with Gasteiger partial charge in [0.05, 0.1) is 5.69 Å². The van der Waals surface area contributed by atoms with Crippen molar-refractivity contribution in [2.75, 3.05) is 17.8 Å². The number of benzene rings is 1. The predicted octanol–water partition coefficient (Wildman–Crippen LogP) is 2.06. The Morgan fingerprint density at radius 3 is 2.54 bits per heavy atom. The third-order valence-electron chi connectivity index (χ3n) is 3.94. The predicted molar refractivity (Wildman–Crippen MR) is 89.3 cm³/mol. The molecule has 1 aliphatic rings. The van der Waals surface area contributed by atoms with Crippen molar-refractivity contribution in [1.82, 2.24) is 10.1 Å². The summed E-state index contributed by atoms with van der Waals surface area (Å²) in [7, 11) is -3.52. The summed E-state index contributed by atoms with van der Waals surface area (Å²) in [5.41, 5.74) is 1.22. The van der Waals surface area contributed by atoms with E-state index in [0.29, 0.717) is 11.4 Å². The van der Waals surface area contributed by atoms with E-state index in [2.05, 4.69) is 9.88 Å². The van der Waals surface area contributed by atoms with Gasteiger partial charge in [-0.15, -0.1) is 0 Å². The van der Waals surface area contributed by atoms with E-state index in [0.717, 1.165) is 0 Å². The molecule has 1 aliphatic heterocycles. The molecule has 1 N–H and O–H groups in total. The number of sulfonamides is 1. The molecule has 0 radical (unpaired) electrons. The number of aromatic nitrogens is 1. The van der Waals surface area contributed by atoms with Crippen LogP contribution < -0.4 is 4.72 Å². The summed E-state index contributed by atoms with van der Waals surface area (Å²) in [6.07, 6.45) is 0. The molecular weight excluding hydrogens is 330 g/mol. The van der Waals surface area contributed by atoms with E-state index in [-0.39, 0.29) is 30.7 Å². The number of carbonyl (C=O) groups is 1. The minimum Gasteiger partial charge on any atom is -0.351 e. The summed E-state index contributed by atoms with van der Waals surface area (Å²) in [5.74, 6) is -0.0268. The molecule has 1 aromatic heterocycles. The normalized spacial score (nSPS) is 15.4. The third-order valence-corrected chi connectivity index (χ3v) is 5.63. The topological polar surface area (TPSA) is 92.5 Å². The van der Waals surface area contributed by atoms with E-state index in [1.165, 1.54) is 4.90 Å². The number of carbonyl (C=O) groups excluding carboxylic acids is 1. The highest BCUT2D eigenvalue weighted by atomic mass is 32.2. The van der Waals surface area contributed by atoms with Gasteiger partial charge in [0.25, 0.3) is 5.91 Å². The number of hydrogen-bond acceptors (Lipinski definition) is 5. The largest absolute Gasteiger partial charge is 0.351 e. The average Bonchev–Trinajstić information content (AvgIpc) is 2.95. The molecular formula is C16H19N3O4S. The van der Waals surface area contributed by atoms with Gasteiger partial charge in [0, 0.05) is 24.8 Å². The van der Waals surface area contributed by atoms with E-state index in [4.69, 9.17) is 4.52 Å². The molecule has 1 aromatic carbocycles. The van der Waals surface area contributed by atoms with Crippen LogP contribution in [0, 0.1) is 0 Å². The summed E-state index contributed by atoms with van der Waals surface area (Å²) >= 11 is 0. The summed E-state index contributed by atoms with van der Waals surface area (Å²) in [5, 5.41) is 3.22. The molecule has 0 bridgehead atoms. The lowest BCUT2D eigenvalue weighted by molar-refractivity contribution is 0.0616. The van der Waals surface area contributed by atoms with Crippen molar-refractivity contribution >= 4 is 21.6 Å². The van der Waals surface area contributed by atoms with Crippen LogP contribution in [0.25, 0.3) is 0 Å². The van der Waals surface area contributed by atoms with Gasteiger partial charge in [-0.3, -0.25) is 9.52 Å². The zero-order valence-corrected chi connectivity index (χ0v) is 14.3. The van der Waals surface area contributed by atoms with Crippen molar-refractivity contribution in [3.63, 3.8) is 0 Å². The number of rotatable bonds is 5. The van der Waals surface area contributed by atoms with E-state index in [1.807, 2.05) is 19.9 Å². The van der Waals surface area contributed by atoms with Crippen LogP contribution in [-0.4, -0.2) is 42.7 Å². The first-order valence-electron chi connectivity index (χ1n) is 7.69. The molecule has 0 spiro atoms. The summed E-state index contributed by atoms with van der Waals surface area (Å²) in [4.78, 5) is 13.7. The Morgan fingerprint density at radius 1 is 1.29 bits per heavy atom. The van der Waals surface area contributed by atoms with Gasteiger partial charge in [-0.25, -0.2) is 8.42 Å². The third kappa shape index (κ3) is 3.28. The smallest absolute Gasteiger partial charge is 0.292 e. The second kappa shape index (κ2) is 6.27. The number of amides is 1. The molecule has 0 aliphatic carbocycles. The van der Waals surface area contributed by atoms with Crippen LogP contribution in [0.1, 0.15) is 36.0 Å². The van der Waals surface area contributed by atoms with Crippen molar-refractivity contribution in [2.24, 2.45) is 0 Å². The number of nitrogens with zero attached hydrogens (tertiary/aromatic N) is 2. The van der Waals surface area contributed by atoms with E-state index < -0.39 is 15.3 Å². The highest BCUT2D eigenvalue weighted by Crippen LogP contribution is 2.22. The summed E-state index contributed by atoms with van der Waals surface area (Å²) in [6, 6.07) is 10.3. The zero-order chi connectivity index (χ0) is 17.3. The number of likely N-dealkylation sites (tertiary alicyclic amines) is 1. The highest BCUT2D eigenvalue weighted by molar-refractivity contribution is 7.93. The molecule has 128 valence electrons. The van der Waals surface area contributed by atoms with Crippen molar-refractivity contribution in [3.8, 4) is 0 Å². The van der Waals surface area contributed by atoms with Crippen LogP contribution in [0.3, 0.4) is 0 Å². The van der Waals surface area contributed by atoms with Gasteiger partial charge in [-0.05, 0) is 18.1 Å². The van der Waals surface area contributed by atoms with Crippen LogP contribution in [0.4, 0.5) is 5.69 Å². The molecule has 2 aromatic rings. The van der Waals surface area contributed by atoms with Gasteiger partial charge in [0.15, 0.2) is 0 Å². The fourth-order valence-electron chi connectivity index (χ4n) is 2.37. The molecule has 1 fully saturated rings. The number of nitrogens with one attached hydrogen (secondary N) is 1. The molecule has 0 saturated carbocycles. The number of hydrogen-bond donors (Lipinski definition) is 1. The van der Waals surface area contributed by atoms with Gasteiger partial charge in [-0.1, -0.05) is 37.2 Å². The maximum atomic E-state index is 12.3. The lowest BCUT2D eigenvalue weighted by Gasteiger charge is -2.37. The monoisotopic (exact) mass is 349 g/mol. The van der Waals surface area contributed by atoms with Crippen LogP contribution >= 0.6 is 0 Å². The Kier molecular flexibility index (Phi) is 4.31. The van der Waals surface area contributed by atoms with Gasteiger partial charge in [0.2, 0.25) is 15.8 Å². The lowest BCUT2D eigenvalue weighted by Crippen LogP contribution is -2.58. The molecule has 8 heteroatoms. The molecule has 7 nitrogen and oxygen atoms in total. The molecule has 0 unspecified atom stereocenters. The van der Waals surface area contributed by atoms with Crippen LogP contribution in [-0.2, 0) is 10.0 Å². The standard InChI is InChI=1S/C16H19N3O4S/c1-11(2)14-8-15(23-17-14)16(20)19-9-13(10-19)24(21,22)18-12-6-4-3-5-7-12/h3-8,11,13,18H,9-10H2,1-2H3. The number of anilines is 1. The summed E-state index contributed by atoms with van der Waals surface area (Å²) in [6.45, 7) is 4.18. The van der Waals surface area contributed by atoms with Gasteiger partial charge >= 0.3 is 0 Å². The van der Waals surface area contributed by atoms with Gasteiger partial charge < -0.3 is 9.42 Å². The van der Waals surface area contributed by atoms with Crippen LogP contribution in [0.5, 0.6) is 0 Å². The summed E-state index contributed by atoms with van der Waals surface area (Å²) < 4.78 is 32.2. The Bertz CT molecular complexity index is 824. The number of para-hydroxylation sites is 1. The van der Waals surface area contributed by atoms with E-state index in [9.17, 15) is 13.2 Å².